The molecule has 0 radical (unpaired) electrons. The smallest absolute Gasteiger partial charge is 0.849 e. The van der Waals surface area contributed by atoms with Crippen molar-refractivity contribution in [1.82, 2.24) is 0 Å². The minimum absolute atomic E-state index is 0. The van der Waals surface area contributed by atoms with Crippen molar-refractivity contribution in [3.8, 4) is 0 Å². The van der Waals surface area contributed by atoms with Crippen LogP contribution in [0.5, 0.6) is 0 Å². The Balaban J connectivity index is 0.000000640. The van der Waals surface area contributed by atoms with E-state index >= 15 is 0 Å². The van der Waals surface area contributed by atoms with E-state index in [0.717, 1.165) is 5.76 Å². The predicted octanol–water partition coefficient (Wildman–Crippen LogP) is -2.55. The van der Waals surface area contributed by atoms with Gasteiger partial charge in [-0.25, -0.2) is 0 Å². The van der Waals surface area contributed by atoms with E-state index in [9.17, 15) is 5.11 Å². The Hall–Kier alpha value is -0.163. The van der Waals surface area contributed by atoms with Crippen molar-refractivity contribution in [3.05, 3.63) is 23.7 Å². The normalized spacial score (nSPS) is 8.67. The molecule has 9 heavy (non-hydrogen) atoms. The van der Waals surface area contributed by atoms with Crippen molar-refractivity contribution in [2.45, 2.75) is 13.5 Å². The Labute approximate surface area is 66.0 Å². The Morgan fingerprint density at radius 1 is 1.56 bits per heavy atom. The van der Waals surface area contributed by atoms with Crippen LogP contribution in [0.1, 0.15) is 11.5 Å². The van der Waals surface area contributed by atoms with E-state index in [1.165, 1.54) is 0 Å². The largest absolute Gasteiger partial charge is 1.00 e. The van der Waals surface area contributed by atoms with Crippen molar-refractivity contribution < 1.29 is 28.4 Å². The summed E-state index contributed by atoms with van der Waals surface area (Å²) in [6.45, 7) is 1.56. The fourth-order valence-electron chi connectivity index (χ4n) is 0.563. The van der Waals surface area contributed by atoms with Crippen molar-refractivity contribution >= 4 is 0 Å². The van der Waals surface area contributed by atoms with Crippen LogP contribution in [0.4, 0.5) is 0 Å². The molecule has 1 aromatic rings. The quantitative estimate of drug-likeness (QED) is 0.381. The first-order valence-electron chi connectivity index (χ1n) is 2.46. The summed E-state index contributed by atoms with van der Waals surface area (Å²) >= 11 is 0. The van der Waals surface area contributed by atoms with Crippen LogP contribution in [0.25, 0.3) is 0 Å². The van der Waals surface area contributed by atoms with E-state index in [2.05, 4.69) is 0 Å². The minimum Gasteiger partial charge on any atom is -0.849 e. The molecule has 0 spiro atoms. The van der Waals surface area contributed by atoms with Crippen LogP contribution in [0.2, 0.25) is 0 Å². The second kappa shape index (κ2) is 3.79. The zero-order valence-electron chi connectivity index (χ0n) is 5.68. The Morgan fingerprint density at radius 3 is 2.44 bits per heavy atom. The summed E-state index contributed by atoms with van der Waals surface area (Å²) in [5.74, 6) is 1.32. The third-order valence-electron chi connectivity index (χ3n) is 0.938. The van der Waals surface area contributed by atoms with E-state index in [-0.39, 0.29) is 25.5 Å². The van der Waals surface area contributed by atoms with Gasteiger partial charge in [0.1, 0.15) is 5.76 Å². The van der Waals surface area contributed by atoms with Crippen molar-refractivity contribution in [2.24, 2.45) is 0 Å². The molecule has 0 saturated heterocycles. The van der Waals surface area contributed by atoms with Gasteiger partial charge in [-0.2, -0.15) is 0 Å². The Morgan fingerprint density at radius 2 is 2.22 bits per heavy atom. The van der Waals surface area contributed by atoms with Crippen LogP contribution in [0.15, 0.2) is 16.5 Å². The molecule has 0 bridgehead atoms. The van der Waals surface area contributed by atoms with E-state index in [0.29, 0.717) is 5.76 Å². The number of rotatable bonds is 1. The molecule has 0 aromatic carbocycles. The molecule has 3 heteroatoms. The van der Waals surface area contributed by atoms with Gasteiger partial charge in [0.2, 0.25) is 0 Å². The second-order valence-corrected chi connectivity index (χ2v) is 1.66. The number of hydrogen-bond acceptors (Lipinski definition) is 2. The number of furan rings is 1. The first kappa shape index (κ1) is 8.84. The van der Waals surface area contributed by atoms with Gasteiger partial charge in [0.25, 0.3) is 0 Å². The third-order valence-corrected chi connectivity index (χ3v) is 0.938. The van der Waals surface area contributed by atoms with Gasteiger partial charge in [-0.15, -0.1) is 0 Å². The Kier molecular flexibility index (Phi) is 3.72. The van der Waals surface area contributed by atoms with Crippen LogP contribution >= 0.6 is 0 Å². The second-order valence-electron chi connectivity index (χ2n) is 1.66. The Bertz CT molecular complexity index is 171. The zero-order valence-corrected chi connectivity index (χ0v) is 5.68. The molecule has 0 aliphatic heterocycles. The molecule has 2 nitrogen and oxygen atoms in total. The van der Waals surface area contributed by atoms with Crippen LogP contribution in [-0.2, 0) is 6.61 Å². The average molecular weight is 118 g/mol. The molecule has 0 saturated carbocycles. The molecular formula is C6H7LiO2. The minimum atomic E-state index is -0.256. The molecular weight excluding hydrogens is 111 g/mol. The third kappa shape index (κ3) is 2.27. The maximum Gasteiger partial charge on any atom is 1.00 e. The predicted molar refractivity (Wildman–Crippen MR) is 27.1 cm³/mol. The number of aryl methyl sites for hydroxylation is 1. The van der Waals surface area contributed by atoms with Gasteiger partial charge < -0.3 is 9.52 Å². The summed E-state index contributed by atoms with van der Waals surface area (Å²) in [6, 6.07) is 3.48. The van der Waals surface area contributed by atoms with E-state index < -0.39 is 0 Å². The molecule has 44 valence electrons. The van der Waals surface area contributed by atoms with Gasteiger partial charge in [0, 0.05) is 0 Å². The summed E-state index contributed by atoms with van der Waals surface area (Å²) in [5, 5.41) is 10.1. The molecule has 0 atom stereocenters. The number of hydrogen-bond donors (Lipinski definition) is 0. The van der Waals surface area contributed by atoms with E-state index in [1.54, 1.807) is 12.1 Å². The fraction of sp³-hybridized carbons (Fsp3) is 0.333. The van der Waals surface area contributed by atoms with Crippen LogP contribution in [-0.4, -0.2) is 0 Å². The van der Waals surface area contributed by atoms with E-state index in [4.69, 9.17) is 4.42 Å². The SMILES string of the molecule is Cc1ccc(C[O-])o1.[Li+]. The summed E-state index contributed by atoms with van der Waals surface area (Å²) in [7, 11) is 0. The molecule has 1 rings (SSSR count). The van der Waals surface area contributed by atoms with Gasteiger partial charge in [0.15, 0.2) is 0 Å². The van der Waals surface area contributed by atoms with Gasteiger partial charge in [-0.1, -0.05) is 6.61 Å². The first-order valence-corrected chi connectivity index (χ1v) is 2.46. The summed E-state index contributed by atoms with van der Waals surface area (Å²) in [4.78, 5) is 0. The maximum absolute atomic E-state index is 10.1. The summed E-state index contributed by atoms with van der Waals surface area (Å²) in [5.41, 5.74) is 0. The molecule has 0 aliphatic carbocycles. The summed E-state index contributed by atoms with van der Waals surface area (Å²) in [6.07, 6.45) is 0. The molecule has 1 heterocycles. The monoisotopic (exact) mass is 118 g/mol. The van der Waals surface area contributed by atoms with Crippen molar-refractivity contribution in [3.63, 3.8) is 0 Å². The van der Waals surface area contributed by atoms with Gasteiger partial charge in [-0.3, -0.25) is 0 Å². The molecule has 0 amide bonds. The average Bonchev–Trinajstić information content (AvgIpc) is 2.14. The van der Waals surface area contributed by atoms with Crippen molar-refractivity contribution in [1.29, 1.82) is 0 Å². The van der Waals surface area contributed by atoms with Gasteiger partial charge in [-0.05, 0) is 19.1 Å². The standard InChI is InChI=1S/C6H7O2.Li/c1-5-2-3-6(4-7)8-5;/h2-3H,4H2,1H3;/q-1;+1. The molecule has 0 fully saturated rings. The summed E-state index contributed by atoms with van der Waals surface area (Å²) < 4.78 is 4.92. The zero-order chi connectivity index (χ0) is 5.98. The van der Waals surface area contributed by atoms with Crippen LogP contribution < -0.4 is 24.0 Å². The van der Waals surface area contributed by atoms with E-state index in [1.807, 2.05) is 6.92 Å². The molecule has 0 N–H and O–H groups in total. The van der Waals surface area contributed by atoms with Gasteiger partial charge in [0.05, 0.1) is 5.76 Å². The first-order chi connectivity index (χ1) is 3.83. The van der Waals surface area contributed by atoms with Crippen LogP contribution in [0, 0.1) is 6.92 Å². The van der Waals surface area contributed by atoms with Crippen molar-refractivity contribution in [2.75, 3.05) is 0 Å². The van der Waals surface area contributed by atoms with Gasteiger partial charge >= 0.3 is 18.9 Å². The van der Waals surface area contributed by atoms with Crippen LogP contribution in [0.3, 0.4) is 0 Å². The molecule has 1 aromatic heterocycles. The fourth-order valence-corrected chi connectivity index (χ4v) is 0.563. The maximum atomic E-state index is 10.1. The molecule has 0 unspecified atom stereocenters. The topological polar surface area (TPSA) is 36.2 Å². The molecule has 0 aliphatic rings.